The Morgan fingerprint density at radius 2 is 1.21 bits per heavy atom. The van der Waals surface area contributed by atoms with Crippen molar-refractivity contribution in [1.82, 2.24) is 0 Å². The molecule has 0 bridgehead atoms. The van der Waals surface area contributed by atoms with Crippen molar-refractivity contribution < 1.29 is 9.00 Å². The minimum absolute atomic E-state index is 0.164. The van der Waals surface area contributed by atoms with E-state index in [0.29, 0.717) is 6.42 Å². The average molecular weight is 288 g/mol. The monoisotopic (exact) mass is 288 g/mol. The molecule has 0 aromatic heterocycles. The summed E-state index contributed by atoms with van der Waals surface area (Å²) >= 11 is 0. The molecule has 3 heteroatoms. The molecular formula is C16H32O2S. The van der Waals surface area contributed by atoms with Crippen molar-refractivity contribution in [3.63, 3.8) is 0 Å². The summed E-state index contributed by atoms with van der Waals surface area (Å²) in [4.78, 5) is 11.3. The van der Waals surface area contributed by atoms with Gasteiger partial charge < -0.3 is 0 Å². The lowest BCUT2D eigenvalue weighted by Crippen LogP contribution is -2.08. The van der Waals surface area contributed by atoms with Crippen LogP contribution in [-0.2, 0) is 15.6 Å². The minimum atomic E-state index is -0.961. The molecule has 0 saturated carbocycles. The third kappa shape index (κ3) is 15.8. The maximum absolute atomic E-state index is 11.3. The largest absolute Gasteiger partial charge is 0.299 e. The molecule has 0 aliphatic heterocycles. The minimum Gasteiger partial charge on any atom is -0.299 e. The summed E-state index contributed by atoms with van der Waals surface area (Å²) in [7, 11) is -0.961. The quantitative estimate of drug-likeness (QED) is 0.436. The smallest absolute Gasteiger partial charge is 0.145 e. The van der Waals surface area contributed by atoms with Gasteiger partial charge in [-0.2, -0.15) is 0 Å². The van der Waals surface area contributed by atoms with Crippen molar-refractivity contribution in [2.24, 2.45) is 0 Å². The van der Waals surface area contributed by atoms with E-state index in [2.05, 4.69) is 6.92 Å². The van der Waals surface area contributed by atoms with Crippen LogP contribution < -0.4 is 0 Å². The van der Waals surface area contributed by atoms with Crippen LogP contribution in [0.3, 0.4) is 0 Å². The molecule has 0 radical (unpaired) electrons. The zero-order chi connectivity index (χ0) is 14.3. The summed E-state index contributed by atoms with van der Waals surface area (Å²) in [5.41, 5.74) is 0. The van der Waals surface area contributed by atoms with Crippen molar-refractivity contribution in [2.75, 3.05) is 12.0 Å². The first-order chi connectivity index (χ1) is 9.16. The first-order valence-corrected chi connectivity index (χ1v) is 9.71. The predicted molar refractivity (Wildman–Crippen MR) is 85.0 cm³/mol. The molecule has 1 atom stereocenters. The molecule has 0 N–H and O–H groups in total. The maximum atomic E-state index is 11.3. The van der Waals surface area contributed by atoms with Crippen molar-refractivity contribution in [3.8, 4) is 0 Å². The van der Waals surface area contributed by atoms with Crippen LogP contribution in [0.25, 0.3) is 0 Å². The zero-order valence-corrected chi connectivity index (χ0v) is 13.7. The summed E-state index contributed by atoms with van der Waals surface area (Å²) in [6, 6.07) is 0. The predicted octanol–water partition coefficient (Wildman–Crippen LogP) is 4.64. The normalized spacial score (nSPS) is 12.5. The molecule has 0 amide bonds. The summed E-state index contributed by atoms with van der Waals surface area (Å²) in [5, 5.41) is 0. The molecule has 0 heterocycles. The molecular weight excluding hydrogens is 256 g/mol. The molecule has 2 nitrogen and oxygen atoms in total. The Balaban J connectivity index is 3.10. The van der Waals surface area contributed by atoms with Gasteiger partial charge in [0.15, 0.2) is 0 Å². The van der Waals surface area contributed by atoms with Crippen LogP contribution in [0.15, 0.2) is 0 Å². The highest BCUT2D eigenvalue weighted by molar-refractivity contribution is 7.85. The second-order valence-corrected chi connectivity index (χ2v) is 6.98. The van der Waals surface area contributed by atoms with Gasteiger partial charge in [-0.25, -0.2) is 0 Å². The third-order valence-corrected chi connectivity index (χ3v) is 4.15. The zero-order valence-electron chi connectivity index (χ0n) is 12.9. The second-order valence-electron chi connectivity index (χ2n) is 5.54. The van der Waals surface area contributed by atoms with Gasteiger partial charge >= 0.3 is 0 Å². The summed E-state index contributed by atoms with van der Waals surface area (Å²) < 4.78 is 10.8. The topological polar surface area (TPSA) is 34.1 Å². The van der Waals surface area contributed by atoms with Gasteiger partial charge in [-0.1, -0.05) is 71.1 Å². The van der Waals surface area contributed by atoms with Crippen molar-refractivity contribution in [1.29, 1.82) is 0 Å². The molecule has 0 saturated heterocycles. The van der Waals surface area contributed by atoms with E-state index in [4.69, 9.17) is 0 Å². The number of rotatable bonds is 14. The molecule has 0 spiro atoms. The summed E-state index contributed by atoms with van der Waals surface area (Å²) in [6.45, 7) is 2.25. The van der Waals surface area contributed by atoms with Crippen molar-refractivity contribution in [3.05, 3.63) is 0 Å². The van der Waals surface area contributed by atoms with Crippen LogP contribution in [0.1, 0.15) is 84.0 Å². The van der Waals surface area contributed by atoms with E-state index in [1.807, 2.05) is 0 Å². The molecule has 0 aliphatic carbocycles. The number of unbranched alkanes of at least 4 members (excludes halogenated alkanes) is 10. The lowest BCUT2D eigenvalue weighted by molar-refractivity contribution is -0.116. The number of Topliss-reactive ketones (excluding diaryl/α,β-unsaturated/α-hetero) is 1. The number of ketones is 1. The van der Waals surface area contributed by atoms with E-state index >= 15 is 0 Å². The number of carbonyl (C=O) groups is 1. The SMILES string of the molecule is CCCCCCCCCCCCCC(=O)C[S@](C)=O. The molecule has 0 unspecified atom stereocenters. The van der Waals surface area contributed by atoms with Gasteiger partial charge in [0.1, 0.15) is 5.78 Å². The Hall–Kier alpha value is -0.180. The lowest BCUT2D eigenvalue weighted by atomic mass is 10.0. The fourth-order valence-electron chi connectivity index (χ4n) is 2.29. The Kier molecular flexibility index (Phi) is 14.1. The highest BCUT2D eigenvalue weighted by Gasteiger charge is 2.03. The van der Waals surface area contributed by atoms with Crippen LogP contribution in [-0.4, -0.2) is 22.0 Å². The molecule has 19 heavy (non-hydrogen) atoms. The number of hydrogen-bond acceptors (Lipinski definition) is 2. The van der Waals surface area contributed by atoms with Crippen LogP contribution in [0.2, 0.25) is 0 Å². The van der Waals surface area contributed by atoms with E-state index in [0.717, 1.165) is 12.8 Å². The van der Waals surface area contributed by atoms with E-state index < -0.39 is 10.8 Å². The highest BCUT2D eigenvalue weighted by Crippen LogP contribution is 2.11. The molecule has 0 rings (SSSR count). The molecule has 0 aromatic rings. The van der Waals surface area contributed by atoms with Gasteiger partial charge in [-0.05, 0) is 6.42 Å². The maximum Gasteiger partial charge on any atom is 0.145 e. The molecule has 0 aromatic carbocycles. The molecule has 114 valence electrons. The first kappa shape index (κ1) is 18.8. The lowest BCUT2D eigenvalue weighted by Gasteiger charge is -2.02. The Labute approximate surface area is 122 Å². The fourth-order valence-corrected chi connectivity index (χ4v) is 2.88. The average Bonchev–Trinajstić information content (AvgIpc) is 2.35. The summed E-state index contributed by atoms with van der Waals surface area (Å²) in [6.07, 6.45) is 16.5. The van der Waals surface area contributed by atoms with Gasteiger partial charge in [-0.3, -0.25) is 9.00 Å². The van der Waals surface area contributed by atoms with Crippen LogP contribution >= 0.6 is 0 Å². The molecule has 0 fully saturated rings. The van der Waals surface area contributed by atoms with Crippen molar-refractivity contribution >= 4 is 16.6 Å². The Bertz CT molecular complexity index is 239. The third-order valence-electron chi connectivity index (χ3n) is 3.42. The van der Waals surface area contributed by atoms with Crippen LogP contribution in [0.4, 0.5) is 0 Å². The Morgan fingerprint density at radius 3 is 1.63 bits per heavy atom. The van der Waals surface area contributed by atoms with Gasteiger partial charge in [0.05, 0.1) is 5.75 Å². The fraction of sp³-hybridized carbons (Fsp3) is 0.938. The van der Waals surface area contributed by atoms with Crippen LogP contribution in [0, 0.1) is 0 Å². The van der Waals surface area contributed by atoms with E-state index in [1.165, 1.54) is 57.8 Å². The summed E-state index contributed by atoms with van der Waals surface area (Å²) in [5.74, 6) is 0.411. The standard InChI is InChI=1S/C16H32O2S/c1-3-4-5-6-7-8-9-10-11-12-13-14-16(17)15-19(2)18/h3-15H2,1-2H3/t19-/m0/s1. The molecule has 0 aliphatic rings. The first-order valence-electron chi connectivity index (χ1n) is 7.98. The Morgan fingerprint density at radius 1 is 0.789 bits per heavy atom. The van der Waals surface area contributed by atoms with E-state index in [1.54, 1.807) is 6.26 Å². The van der Waals surface area contributed by atoms with Gasteiger partial charge in [0.2, 0.25) is 0 Å². The van der Waals surface area contributed by atoms with Gasteiger partial charge in [-0.15, -0.1) is 0 Å². The van der Waals surface area contributed by atoms with E-state index in [-0.39, 0.29) is 11.5 Å². The van der Waals surface area contributed by atoms with Crippen molar-refractivity contribution in [2.45, 2.75) is 84.0 Å². The van der Waals surface area contributed by atoms with Crippen LogP contribution in [0.5, 0.6) is 0 Å². The number of hydrogen-bond donors (Lipinski definition) is 0. The van der Waals surface area contributed by atoms with Gasteiger partial charge in [0.25, 0.3) is 0 Å². The second kappa shape index (κ2) is 14.2. The number of carbonyl (C=O) groups excluding carboxylic acids is 1. The van der Waals surface area contributed by atoms with Gasteiger partial charge in [0, 0.05) is 23.5 Å². The van der Waals surface area contributed by atoms with E-state index in [9.17, 15) is 9.00 Å². The highest BCUT2D eigenvalue weighted by atomic mass is 32.2.